The predicted octanol–water partition coefficient (Wildman–Crippen LogP) is 2.42. The average Bonchev–Trinajstić information content (AvgIpc) is 2.40. The van der Waals surface area contributed by atoms with Crippen molar-refractivity contribution in [1.29, 1.82) is 0 Å². The number of ether oxygens (including phenoxy) is 1. The number of hydrogen-bond donors (Lipinski definition) is 1. The molecule has 1 fully saturated rings. The van der Waals surface area contributed by atoms with Crippen LogP contribution in [0.2, 0.25) is 0 Å². The number of carbonyl (C=O) groups excluding carboxylic acids is 1. The largest absolute Gasteiger partial charge is 0.381 e. The van der Waals surface area contributed by atoms with Gasteiger partial charge in [0, 0.05) is 34.4 Å². The lowest BCUT2D eigenvalue weighted by atomic mass is 10.1. The first-order valence-corrected chi connectivity index (χ1v) is 9.21. The summed E-state index contributed by atoms with van der Waals surface area (Å²) in [5, 5.41) is 2.66. The van der Waals surface area contributed by atoms with Crippen molar-refractivity contribution >= 4 is 41.6 Å². The van der Waals surface area contributed by atoms with Gasteiger partial charge in [0.1, 0.15) is 4.90 Å². The zero-order chi connectivity index (χ0) is 15.6. The molecule has 0 bridgehead atoms. The zero-order valence-corrected chi connectivity index (χ0v) is 13.9. The number of carbonyl (C=O) groups is 1. The molecule has 1 aliphatic rings. The highest BCUT2D eigenvalue weighted by Crippen LogP contribution is 2.26. The second kappa shape index (κ2) is 6.60. The maximum absolute atomic E-state index is 14.2. The van der Waals surface area contributed by atoms with Crippen LogP contribution in [0.5, 0.6) is 0 Å². The van der Waals surface area contributed by atoms with Gasteiger partial charge in [-0.1, -0.05) is 15.9 Å². The highest BCUT2D eigenvalue weighted by atomic mass is 79.9. The lowest BCUT2D eigenvalue weighted by molar-refractivity contribution is 0.0694. The van der Waals surface area contributed by atoms with Gasteiger partial charge in [-0.05, 0) is 25.0 Å². The molecular weight excluding hydrogens is 389 g/mol. The van der Waals surface area contributed by atoms with E-state index in [2.05, 4.69) is 21.2 Å². The van der Waals surface area contributed by atoms with Crippen LogP contribution in [-0.4, -0.2) is 33.6 Å². The van der Waals surface area contributed by atoms with Crippen LogP contribution in [-0.2, 0) is 13.8 Å². The smallest absolute Gasteiger partial charge is 0.264 e. The van der Waals surface area contributed by atoms with E-state index in [0.717, 1.165) is 6.07 Å². The van der Waals surface area contributed by atoms with Gasteiger partial charge in [-0.15, -0.1) is 0 Å². The summed E-state index contributed by atoms with van der Waals surface area (Å²) in [7, 11) is 0.890. The Bertz CT molecular complexity index is 661. The number of halogens is 3. The van der Waals surface area contributed by atoms with Crippen LogP contribution in [0, 0.1) is 5.82 Å². The molecule has 116 valence electrons. The molecule has 0 unspecified atom stereocenters. The summed E-state index contributed by atoms with van der Waals surface area (Å²) >= 11 is 3.04. The van der Waals surface area contributed by atoms with Crippen LogP contribution in [0.15, 0.2) is 21.5 Å². The minimum atomic E-state index is -4.28. The Morgan fingerprint density at radius 2 is 2.00 bits per heavy atom. The summed E-state index contributed by atoms with van der Waals surface area (Å²) in [6, 6.07) is 2.11. The van der Waals surface area contributed by atoms with Crippen LogP contribution >= 0.6 is 26.6 Å². The Labute approximate surface area is 134 Å². The molecule has 1 heterocycles. The van der Waals surface area contributed by atoms with Crippen LogP contribution in [0.1, 0.15) is 23.2 Å². The van der Waals surface area contributed by atoms with Gasteiger partial charge in [0.05, 0.1) is 5.56 Å². The molecule has 0 atom stereocenters. The highest BCUT2D eigenvalue weighted by molar-refractivity contribution is 9.10. The van der Waals surface area contributed by atoms with Crippen molar-refractivity contribution in [3.05, 3.63) is 28.0 Å². The first-order valence-electron chi connectivity index (χ1n) is 6.11. The number of rotatable bonds is 3. The molecule has 9 heteroatoms. The van der Waals surface area contributed by atoms with Crippen LogP contribution in [0.3, 0.4) is 0 Å². The van der Waals surface area contributed by atoms with Crippen LogP contribution < -0.4 is 5.32 Å². The SMILES string of the molecule is O=C(NC1CCOCC1)c1cc(Br)cc(S(=O)(=O)Cl)c1F. The van der Waals surface area contributed by atoms with Crippen molar-refractivity contribution in [1.82, 2.24) is 5.32 Å². The van der Waals surface area contributed by atoms with E-state index in [4.69, 9.17) is 15.4 Å². The Morgan fingerprint density at radius 1 is 1.38 bits per heavy atom. The fraction of sp³-hybridized carbons (Fsp3) is 0.417. The Hall–Kier alpha value is -0.700. The van der Waals surface area contributed by atoms with Gasteiger partial charge >= 0.3 is 0 Å². The number of amides is 1. The second-order valence-electron chi connectivity index (χ2n) is 4.56. The fourth-order valence-corrected chi connectivity index (χ4v) is 3.55. The lowest BCUT2D eigenvalue weighted by Gasteiger charge is -2.23. The molecule has 2 rings (SSSR count). The van der Waals surface area contributed by atoms with Crippen molar-refractivity contribution < 1.29 is 22.3 Å². The van der Waals surface area contributed by atoms with Crippen molar-refractivity contribution in [3.63, 3.8) is 0 Å². The van der Waals surface area contributed by atoms with Gasteiger partial charge in [-0.3, -0.25) is 4.79 Å². The quantitative estimate of drug-likeness (QED) is 0.791. The molecule has 1 aromatic carbocycles. The highest BCUT2D eigenvalue weighted by Gasteiger charge is 2.25. The summed E-state index contributed by atoms with van der Waals surface area (Å²) in [5.41, 5.74) is -0.366. The third-order valence-corrected chi connectivity index (χ3v) is 4.85. The van der Waals surface area contributed by atoms with Crippen molar-refractivity contribution in [2.24, 2.45) is 0 Å². The molecule has 1 amide bonds. The first kappa shape index (κ1) is 16.7. The summed E-state index contributed by atoms with van der Waals surface area (Å²) < 4.78 is 42.3. The van der Waals surface area contributed by atoms with Crippen molar-refractivity contribution in [2.75, 3.05) is 13.2 Å². The minimum Gasteiger partial charge on any atom is -0.381 e. The normalized spacial score (nSPS) is 16.7. The molecule has 0 saturated carbocycles. The standard InChI is InChI=1S/C12H12BrClFNO4S/c13-7-5-9(11(15)10(6-7)21(14,18)19)12(17)16-8-1-3-20-4-2-8/h5-6,8H,1-4H2,(H,16,17). The molecule has 0 aliphatic carbocycles. The van der Waals surface area contributed by atoms with E-state index in [1.807, 2.05) is 0 Å². The van der Waals surface area contributed by atoms with Gasteiger partial charge < -0.3 is 10.1 Å². The summed E-state index contributed by atoms with van der Waals surface area (Å²) in [4.78, 5) is 11.4. The van der Waals surface area contributed by atoms with E-state index in [1.165, 1.54) is 6.07 Å². The Kier molecular flexibility index (Phi) is 5.24. The maximum Gasteiger partial charge on any atom is 0.264 e. The maximum atomic E-state index is 14.2. The Morgan fingerprint density at radius 3 is 2.57 bits per heavy atom. The van der Waals surface area contributed by atoms with E-state index in [1.54, 1.807) is 0 Å². The van der Waals surface area contributed by atoms with E-state index < -0.39 is 25.7 Å². The molecule has 1 saturated heterocycles. The first-order chi connectivity index (χ1) is 9.79. The van der Waals surface area contributed by atoms with Crippen molar-refractivity contribution in [2.45, 2.75) is 23.8 Å². The monoisotopic (exact) mass is 399 g/mol. The van der Waals surface area contributed by atoms with Gasteiger partial charge in [-0.25, -0.2) is 12.8 Å². The van der Waals surface area contributed by atoms with Crippen molar-refractivity contribution in [3.8, 4) is 0 Å². The molecule has 0 spiro atoms. The molecule has 1 N–H and O–H groups in total. The van der Waals surface area contributed by atoms with E-state index in [0.29, 0.717) is 26.1 Å². The third kappa shape index (κ3) is 4.15. The number of nitrogens with one attached hydrogen (secondary N) is 1. The Balaban J connectivity index is 2.30. The predicted molar refractivity (Wildman–Crippen MR) is 78.4 cm³/mol. The van der Waals surface area contributed by atoms with E-state index in [9.17, 15) is 17.6 Å². The number of hydrogen-bond acceptors (Lipinski definition) is 4. The molecular formula is C12H12BrClFNO4S. The molecule has 1 aromatic rings. The third-order valence-electron chi connectivity index (χ3n) is 3.07. The zero-order valence-electron chi connectivity index (χ0n) is 10.7. The van der Waals surface area contributed by atoms with Gasteiger partial charge in [0.2, 0.25) is 0 Å². The van der Waals surface area contributed by atoms with Crippen LogP contribution in [0.4, 0.5) is 4.39 Å². The lowest BCUT2D eigenvalue weighted by Crippen LogP contribution is -2.39. The van der Waals surface area contributed by atoms with Gasteiger partial charge in [0.15, 0.2) is 5.82 Å². The number of benzene rings is 1. The van der Waals surface area contributed by atoms with Gasteiger partial charge in [0.25, 0.3) is 15.0 Å². The molecule has 5 nitrogen and oxygen atoms in total. The van der Waals surface area contributed by atoms with E-state index >= 15 is 0 Å². The van der Waals surface area contributed by atoms with E-state index in [-0.39, 0.29) is 16.1 Å². The molecule has 0 aromatic heterocycles. The topological polar surface area (TPSA) is 72.5 Å². The van der Waals surface area contributed by atoms with Gasteiger partial charge in [-0.2, -0.15) is 0 Å². The fourth-order valence-electron chi connectivity index (χ4n) is 2.01. The molecule has 0 radical (unpaired) electrons. The summed E-state index contributed by atoms with van der Waals surface area (Å²) in [6.45, 7) is 1.04. The second-order valence-corrected chi connectivity index (χ2v) is 8.01. The minimum absolute atomic E-state index is 0.124. The summed E-state index contributed by atoms with van der Waals surface area (Å²) in [6.07, 6.45) is 1.25. The summed E-state index contributed by atoms with van der Waals surface area (Å²) in [5.74, 6) is -1.83. The molecule has 21 heavy (non-hydrogen) atoms. The van der Waals surface area contributed by atoms with Crippen LogP contribution in [0.25, 0.3) is 0 Å². The average molecular weight is 401 g/mol. The molecule has 1 aliphatic heterocycles.